The van der Waals surface area contributed by atoms with Crippen molar-refractivity contribution in [1.29, 1.82) is 0 Å². The van der Waals surface area contributed by atoms with Gasteiger partial charge in [0.15, 0.2) is 0 Å². The first-order valence-corrected chi connectivity index (χ1v) is 9.82. The molecule has 0 spiro atoms. The number of carbonyl (C=O) groups excluding carboxylic acids is 2. The zero-order chi connectivity index (χ0) is 21.3. The summed E-state index contributed by atoms with van der Waals surface area (Å²) in [7, 11) is 0. The Morgan fingerprint density at radius 3 is 2.10 bits per heavy atom. The van der Waals surface area contributed by atoms with E-state index < -0.39 is 0 Å². The van der Waals surface area contributed by atoms with Crippen LogP contribution in [0.3, 0.4) is 0 Å². The van der Waals surface area contributed by atoms with Crippen molar-refractivity contribution in [3.63, 3.8) is 0 Å². The van der Waals surface area contributed by atoms with E-state index in [2.05, 4.69) is 15.8 Å². The Labute approximate surface area is 176 Å². The summed E-state index contributed by atoms with van der Waals surface area (Å²) in [5, 5.41) is 6.85. The maximum absolute atomic E-state index is 12.2. The van der Waals surface area contributed by atoms with Crippen LogP contribution in [-0.4, -0.2) is 17.5 Å². The van der Waals surface area contributed by atoms with Gasteiger partial charge in [-0.05, 0) is 42.7 Å². The van der Waals surface area contributed by atoms with Crippen LogP contribution in [0.5, 0.6) is 0 Å². The van der Waals surface area contributed by atoms with E-state index in [1.807, 2.05) is 85.8 Å². The van der Waals surface area contributed by atoms with E-state index in [0.29, 0.717) is 5.71 Å². The SMILES string of the molecule is CC(CC(=O)Nc1ccc(C)cc1)=NNC(=O)Cc1ccc(-c2ccccc2)cc1. The Morgan fingerprint density at radius 1 is 0.800 bits per heavy atom. The summed E-state index contributed by atoms with van der Waals surface area (Å²) in [5.74, 6) is -0.397. The van der Waals surface area contributed by atoms with Crippen molar-refractivity contribution in [2.45, 2.75) is 26.7 Å². The normalized spacial score (nSPS) is 11.1. The highest BCUT2D eigenvalue weighted by Gasteiger charge is 2.07. The van der Waals surface area contributed by atoms with Gasteiger partial charge in [0.2, 0.25) is 11.8 Å². The summed E-state index contributed by atoms with van der Waals surface area (Å²) < 4.78 is 0. The summed E-state index contributed by atoms with van der Waals surface area (Å²) in [6.07, 6.45) is 0.335. The number of benzene rings is 3. The predicted molar refractivity (Wildman–Crippen MR) is 121 cm³/mol. The van der Waals surface area contributed by atoms with Crippen LogP contribution >= 0.6 is 0 Å². The van der Waals surface area contributed by atoms with Crippen LogP contribution in [0.4, 0.5) is 5.69 Å². The molecule has 3 rings (SSSR count). The van der Waals surface area contributed by atoms with Crippen LogP contribution in [0.15, 0.2) is 84.0 Å². The molecule has 0 atom stereocenters. The van der Waals surface area contributed by atoms with Crippen molar-refractivity contribution in [1.82, 2.24) is 5.43 Å². The number of carbonyl (C=O) groups is 2. The summed E-state index contributed by atoms with van der Waals surface area (Å²) in [6, 6.07) is 25.5. The van der Waals surface area contributed by atoms with Crippen molar-refractivity contribution in [2.24, 2.45) is 5.10 Å². The Morgan fingerprint density at radius 2 is 1.43 bits per heavy atom. The van der Waals surface area contributed by atoms with E-state index in [1.54, 1.807) is 6.92 Å². The first-order chi connectivity index (χ1) is 14.5. The van der Waals surface area contributed by atoms with Crippen molar-refractivity contribution >= 4 is 23.2 Å². The van der Waals surface area contributed by atoms with Gasteiger partial charge in [-0.15, -0.1) is 0 Å². The van der Waals surface area contributed by atoms with Crippen molar-refractivity contribution in [3.05, 3.63) is 90.0 Å². The average molecular weight is 399 g/mol. The fourth-order valence-corrected chi connectivity index (χ4v) is 2.94. The van der Waals surface area contributed by atoms with Gasteiger partial charge in [-0.1, -0.05) is 72.3 Å². The third-order valence-corrected chi connectivity index (χ3v) is 4.55. The molecule has 2 amide bonds. The minimum absolute atomic E-state index is 0.111. The van der Waals surface area contributed by atoms with Gasteiger partial charge in [0.1, 0.15) is 0 Å². The largest absolute Gasteiger partial charge is 0.326 e. The number of aryl methyl sites for hydroxylation is 1. The lowest BCUT2D eigenvalue weighted by Gasteiger charge is -2.06. The lowest BCUT2D eigenvalue weighted by Crippen LogP contribution is -2.22. The number of hydrogen-bond acceptors (Lipinski definition) is 3. The van der Waals surface area contributed by atoms with E-state index in [0.717, 1.165) is 27.9 Å². The van der Waals surface area contributed by atoms with Crippen LogP contribution in [-0.2, 0) is 16.0 Å². The topological polar surface area (TPSA) is 70.6 Å². The van der Waals surface area contributed by atoms with E-state index in [9.17, 15) is 9.59 Å². The molecule has 3 aromatic carbocycles. The van der Waals surface area contributed by atoms with Gasteiger partial charge in [0.25, 0.3) is 0 Å². The molecule has 0 fully saturated rings. The standard InChI is InChI=1S/C25H25N3O2/c1-18-8-14-23(15-9-18)26-24(29)16-19(2)27-28-25(30)17-20-10-12-22(13-11-20)21-6-4-3-5-7-21/h3-15H,16-17H2,1-2H3,(H,26,29)(H,28,30). The molecule has 0 radical (unpaired) electrons. The highest BCUT2D eigenvalue weighted by Crippen LogP contribution is 2.19. The van der Waals surface area contributed by atoms with E-state index >= 15 is 0 Å². The molecule has 30 heavy (non-hydrogen) atoms. The molecule has 152 valence electrons. The first-order valence-electron chi connectivity index (χ1n) is 9.82. The fourth-order valence-electron chi connectivity index (χ4n) is 2.94. The van der Waals surface area contributed by atoms with Crippen molar-refractivity contribution in [2.75, 3.05) is 5.32 Å². The molecule has 0 bridgehead atoms. The second-order valence-electron chi connectivity index (χ2n) is 7.21. The molecule has 0 saturated carbocycles. The van der Waals surface area contributed by atoms with E-state index in [-0.39, 0.29) is 24.7 Å². The molecule has 5 heteroatoms. The third kappa shape index (κ3) is 6.41. The van der Waals surface area contributed by atoms with Crippen molar-refractivity contribution < 1.29 is 9.59 Å². The number of anilines is 1. The highest BCUT2D eigenvalue weighted by atomic mass is 16.2. The van der Waals surface area contributed by atoms with Gasteiger partial charge in [-0.2, -0.15) is 5.10 Å². The summed E-state index contributed by atoms with van der Waals surface area (Å²) in [5.41, 5.74) is 8.06. The maximum Gasteiger partial charge on any atom is 0.244 e. The number of rotatable bonds is 7. The molecule has 0 aliphatic rings. The van der Waals surface area contributed by atoms with Gasteiger partial charge in [0.05, 0.1) is 12.8 Å². The van der Waals surface area contributed by atoms with Gasteiger partial charge >= 0.3 is 0 Å². The number of nitrogens with one attached hydrogen (secondary N) is 2. The summed E-state index contributed by atoms with van der Waals surface area (Å²) >= 11 is 0. The molecule has 3 aromatic rings. The van der Waals surface area contributed by atoms with Gasteiger partial charge in [0, 0.05) is 11.4 Å². The molecule has 0 aliphatic heterocycles. The minimum atomic E-state index is -0.222. The number of nitrogens with zero attached hydrogens (tertiary/aromatic N) is 1. The fraction of sp³-hybridized carbons (Fsp3) is 0.160. The highest BCUT2D eigenvalue weighted by molar-refractivity contribution is 6.05. The molecular formula is C25H25N3O2. The first kappa shape index (κ1) is 21.0. The predicted octanol–water partition coefficient (Wildman–Crippen LogP) is 4.73. The zero-order valence-electron chi connectivity index (χ0n) is 17.2. The minimum Gasteiger partial charge on any atom is -0.326 e. The lowest BCUT2D eigenvalue weighted by molar-refractivity contribution is -0.120. The quantitative estimate of drug-likeness (QED) is 0.446. The van der Waals surface area contributed by atoms with Crippen LogP contribution in [0, 0.1) is 6.92 Å². The van der Waals surface area contributed by atoms with Gasteiger partial charge in [-0.25, -0.2) is 5.43 Å². The summed E-state index contributed by atoms with van der Waals surface area (Å²) in [6.45, 7) is 3.70. The number of hydrazone groups is 1. The molecule has 0 aromatic heterocycles. The van der Waals surface area contributed by atoms with Crippen molar-refractivity contribution in [3.8, 4) is 11.1 Å². The Hall–Kier alpha value is -3.73. The van der Waals surface area contributed by atoms with E-state index in [1.165, 1.54) is 0 Å². The Balaban J connectivity index is 1.47. The molecule has 5 nitrogen and oxygen atoms in total. The smallest absolute Gasteiger partial charge is 0.244 e. The molecular weight excluding hydrogens is 374 g/mol. The molecule has 0 aliphatic carbocycles. The molecule has 0 saturated heterocycles. The number of hydrogen-bond donors (Lipinski definition) is 2. The van der Waals surface area contributed by atoms with E-state index in [4.69, 9.17) is 0 Å². The van der Waals surface area contributed by atoms with Gasteiger partial charge < -0.3 is 5.32 Å². The molecule has 0 unspecified atom stereocenters. The molecule has 2 N–H and O–H groups in total. The maximum atomic E-state index is 12.2. The van der Waals surface area contributed by atoms with Gasteiger partial charge in [-0.3, -0.25) is 9.59 Å². The lowest BCUT2D eigenvalue weighted by atomic mass is 10.0. The second kappa shape index (κ2) is 10.2. The third-order valence-electron chi connectivity index (χ3n) is 4.55. The van der Waals surface area contributed by atoms with Crippen LogP contribution in [0.2, 0.25) is 0 Å². The van der Waals surface area contributed by atoms with Crippen LogP contribution < -0.4 is 10.7 Å². The zero-order valence-corrected chi connectivity index (χ0v) is 17.2. The average Bonchev–Trinajstić information content (AvgIpc) is 2.75. The number of amides is 2. The van der Waals surface area contributed by atoms with Crippen LogP contribution in [0.25, 0.3) is 11.1 Å². The van der Waals surface area contributed by atoms with Crippen LogP contribution in [0.1, 0.15) is 24.5 Å². The Bertz CT molecular complexity index is 1020. The second-order valence-corrected chi connectivity index (χ2v) is 7.21. The molecule has 0 heterocycles. The summed E-state index contributed by atoms with van der Waals surface area (Å²) in [4.78, 5) is 24.2. The monoisotopic (exact) mass is 399 g/mol. The Kier molecular flexibility index (Phi) is 7.11.